The van der Waals surface area contributed by atoms with Gasteiger partial charge in [-0.2, -0.15) is 13.2 Å². The fraction of sp³-hybridized carbons (Fsp3) is 0.714. The Morgan fingerprint density at radius 3 is 2.29 bits per heavy atom. The van der Waals surface area contributed by atoms with Crippen LogP contribution >= 0.6 is 0 Å². The minimum atomic E-state index is -4.68. The summed E-state index contributed by atoms with van der Waals surface area (Å²) in [5, 5.41) is 10.3. The number of hydrogen-bond acceptors (Lipinski definition) is 2. The van der Waals surface area contributed by atoms with Crippen molar-refractivity contribution in [2.75, 3.05) is 0 Å². The maximum atomic E-state index is 12.3. The van der Waals surface area contributed by atoms with E-state index >= 15 is 0 Å². The van der Waals surface area contributed by atoms with Crippen LogP contribution in [0.5, 0.6) is 0 Å². The van der Waals surface area contributed by atoms with Crippen molar-refractivity contribution in [2.45, 2.75) is 19.1 Å². The lowest BCUT2D eigenvalue weighted by Gasteiger charge is -2.20. The highest BCUT2D eigenvalue weighted by molar-refractivity contribution is 5.89. The monoisotopic (exact) mass is 211 g/mol. The molecule has 0 aromatic carbocycles. The van der Waals surface area contributed by atoms with Gasteiger partial charge < -0.3 is 10.4 Å². The van der Waals surface area contributed by atoms with E-state index < -0.39 is 35.9 Å². The summed E-state index contributed by atoms with van der Waals surface area (Å²) in [5.41, 5.74) is 0. The Balaban J connectivity index is 2.99. The second-order valence-corrected chi connectivity index (χ2v) is 3.18. The van der Waals surface area contributed by atoms with E-state index in [0.717, 1.165) is 6.92 Å². The molecule has 0 spiro atoms. The molecule has 1 aliphatic rings. The summed E-state index contributed by atoms with van der Waals surface area (Å²) >= 11 is 0. The van der Waals surface area contributed by atoms with E-state index in [2.05, 4.69) is 0 Å². The average Bonchev–Trinajstić information content (AvgIpc) is 2.27. The second-order valence-electron chi connectivity index (χ2n) is 3.18. The van der Waals surface area contributed by atoms with E-state index in [9.17, 15) is 22.8 Å². The molecule has 1 heterocycles. The molecule has 0 saturated carbocycles. The van der Waals surface area contributed by atoms with Crippen LogP contribution in [-0.4, -0.2) is 29.2 Å². The number of rotatable bonds is 1. The van der Waals surface area contributed by atoms with Gasteiger partial charge in [-0.3, -0.25) is 4.79 Å². The second kappa shape index (κ2) is 3.14. The number of nitrogens with one attached hydrogen (secondary N) is 1. The highest BCUT2D eigenvalue weighted by atomic mass is 19.4. The molecule has 0 aliphatic carbocycles. The van der Waals surface area contributed by atoms with E-state index in [0.29, 0.717) is 0 Å². The summed E-state index contributed by atoms with van der Waals surface area (Å²) in [6.45, 7) is 1.07. The minimum absolute atomic E-state index is 0.875. The van der Waals surface area contributed by atoms with Gasteiger partial charge in [0.05, 0.1) is 5.92 Å². The van der Waals surface area contributed by atoms with Crippen LogP contribution in [0.15, 0.2) is 0 Å². The Morgan fingerprint density at radius 2 is 2.00 bits per heavy atom. The van der Waals surface area contributed by atoms with Crippen molar-refractivity contribution in [1.29, 1.82) is 0 Å². The normalized spacial score (nSPS) is 32.9. The molecule has 1 fully saturated rings. The van der Waals surface area contributed by atoms with Crippen LogP contribution in [0.1, 0.15) is 6.92 Å². The van der Waals surface area contributed by atoms with Gasteiger partial charge in [-0.1, -0.05) is 6.92 Å². The number of carbonyl (C=O) groups excluding carboxylic acids is 1. The minimum Gasteiger partial charge on any atom is -0.480 e. The maximum absolute atomic E-state index is 12.3. The summed E-state index contributed by atoms with van der Waals surface area (Å²) in [4.78, 5) is 21.3. The predicted molar refractivity (Wildman–Crippen MR) is 38.3 cm³/mol. The fourth-order valence-corrected chi connectivity index (χ4v) is 1.51. The quantitative estimate of drug-likeness (QED) is 0.659. The first-order chi connectivity index (χ1) is 6.25. The van der Waals surface area contributed by atoms with Gasteiger partial charge in [0.1, 0.15) is 6.04 Å². The fourth-order valence-electron chi connectivity index (χ4n) is 1.51. The third-order valence-corrected chi connectivity index (χ3v) is 2.25. The van der Waals surface area contributed by atoms with Crippen molar-refractivity contribution < 1.29 is 27.9 Å². The van der Waals surface area contributed by atoms with Crippen LogP contribution in [0, 0.1) is 11.8 Å². The highest BCUT2D eigenvalue weighted by Crippen LogP contribution is 2.38. The van der Waals surface area contributed by atoms with Crippen LogP contribution in [0.25, 0.3) is 0 Å². The molecule has 1 rings (SSSR count). The van der Waals surface area contributed by atoms with Gasteiger partial charge in [-0.15, -0.1) is 0 Å². The lowest BCUT2D eigenvalue weighted by atomic mass is 9.91. The molecule has 7 heteroatoms. The van der Waals surface area contributed by atoms with Gasteiger partial charge in [-0.25, -0.2) is 4.79 Å². The number of carboxylic acids is 1. The van der Waals surface area contributed by atoms with Gasteiger partial charge in [0.15, 0.2) is 0 Å². The molecule has 1 amide bonds. The number of alkyl halides is 3. The topological polar surface area (TPSA) is 66.4 Å². The summed E-state index contributed by atoms with van der Waals surface area (Å²) in [7, 11) is 0. The number of carboxylic acid groups (broad SMARTS) is 1. The number of halogens is 3. The van der Waals surface area contributed by atoms with Gasteiger partial charge >= 0.3 is 12.1 Å². The summed E-state index contributed by atoms with van der Waals surface area (Å²) in [5.74, 6) is -6.03. The van der Waals surface area contributed by atoms with Crippen LogP contribution in [0.3, 0.4) is 0 Å². The van der Waals surface area contributed by atoms with Crippen molar-refractivity contribution in [3.05, 3.63) is 0 Å². The summed E-state index contributed by atoms with van der Waals surface area (Å²) < 4.78 is 37.0. The van der Waals surface area contributed by atoms with Crippen molar-refractivity contribution in [1.82, 2.24) is 5.32 Å². The zero-order chi connectivity index (χ0) is 11.1. The molecule has 80 valence electrons. The first kappa shape index (κ1) is 10.8. The maximum Gasteiger partial charge on any atom is 0.395 e. The van der Waals surface area contributed by atoms with Crippen molar-refractivity contribution in [2.24, 2.45) is 11.8 Å². The van der Waals surface area contributed by atoms with Gasteiger partial charge in [0, 0.05) is 5.92 Å². The standard InChI is InChI=1S/C7H8F3NO3/c1-2-3(7(8,9)10)4(6(13)14)11-5(2)12/h2-4H,1H3,(H,11,12)(H,13,14)/t2?,3?,4-/m0/s1. The molecule has 2 unspecified atom stereocenters. The number of carbonyl (C=O) groups is 2. The third-order valence-electron chi connectivity index (χ3n) is 2.25. The van der Waals surface area contributed by atoms with Crippen molar-refractivity contribution in [3.63, 3.8) is 0 Å². The van der Waals surface area contributed by atoms with Gasteiger partial charge in [0.25, 0.3) is 0 Å². The molecular formula is C7H8F3NO3. The van der Waals surface area contributed by atoms with Crippen LogP contribution in [-0.2, 0) is 9.59 Å². The Kier molecular flexibility index (Phi) is 2.43. The summed E-state index contributed by atoms with van der Waals surface area (Å²) in [6.07, 6.45) is -4.68. The Labute approximate surface area is 77.1 Å². The first-order valence-corrected chi connectivity index (χ1v) is 3.85. The Bertz CT molecular complexity index is 276. The zero-order valence-electron chi connectivity index (χ0n) is 7.13. The molecule has 0 bridgehead atoms. The zero-order valence-corrected chi connectivity index (χ0v) is 7.13. The third kappa shape index (κ3) is 1.66. The van der Waals surface area contributed by atoms with Crippen LogP contribution in [0.2, 0.25) is 0 Å². The van der Waals surface area contributed by atoms with E-state index in [-0.39, 0.29) is 0 Å². The molecule has 4 nitrogen and oxygen atoms in total. The first-order valence-electron chi connectivity index (χ1n) is 3.85. The average molecular weight is 211 g/mol. The molecule has 2 N–H and O–H groups in total. The molecule has 14 heavy (non-hydrogen) atoms. The molecule has 1 aliphatic heterocycles. The molecule has 0 aromatic rings. The molecule has 1 saturated heterocycles. The SMILES string of the molecule is CC1C(=O)N[C@H](C(=O)O)C1C(F)(F)F. The van der Waals surface area contributed by atoms with E-state index in [1.54, 1.807) is 5.32 Å². The van der Waals surface area contributed by atoms with E-state index in [1.165, 1.54) is 0 Å². The van der Waals surface area contributed by atoms with Gasteiger partial charge in [-0.05, 0) is 0 Å². The van der Waals surface area contributed by atoms with Crippen molar-refractivity contribution in [3.8, 4) is 0 Å². The van der Waals surface area contributed by atoms with Crippen LogP contribution < -0.4 is 5.32 Å². The molecule has 0 radical (unpaired) electrons. The van der Waals surface area contributed by atoms with Crippen LogP contribution in [0.4, 0.5) is 13.2 Å². The predicted octanol–water partition coefficient (Wildman–Crippen LogP) is 0.384. The molecule has 0 aromatic heterocycles. The Morgan fingerprint density at radius 1 is 1.50 bits per heavy atom. The lowest BCUT2D eigenvalue weighted by Crippen LogP contribution is -2.42. The number of aliphatic carboxylic acids is 1. The number of amides is 1. The highest BCUT2D eigenvalue weighted by Gasteiger charge is 2.57. The molecular weight excluding hydrogens is 203 g/mol. The van der Waals surface area contributed by atoms with Gasteiger partial charge in [0.2, 0.25) is 5.91 Å². The van der Waals surface area contributed by atoms with Crippen molar-refractivity contribution >= 4 is 11.9 Å². The van der Waals surface area contributed by atoms with E-state index in [4.69, 9.17) is 5.11 Å². The van der Waals surface area contributed by atoms with E-state index in [1.807, 2.05) is 0 Å². The Hall–Kier alpha value is -1.27. The largest absolute Gasteiger partial charge is 0.480 e. The lowest BCUT2D eigenvalue weighted by molar-refractivity contribution is -0.192. The smallest absolute Gasteiger partial charge is 0.395 e. The molecule has 3 atom stereocenters. The number of hydrogen-bond donors (Lipinski definition) is 2. The summed E-state index contributed by atoms with van der Waals surface area (Å²) in [6, 6.07) is -1.86.